The Balaban J connectivity index is 2.48. The Morgan fingerprint density at radius 1 is 1.57 bits per heavy atom. The highest BCUT2D eigenvalue weighted by molar-refractivity contribution is 6.33. The van der Waals surface area contributed by atoms with Gasteiger partial charge in [-0.05, 0) is 25.5 Å². The molecule has 0 saturated carbocycles. The van der Waals surface area contributed by atoms with Crippen LogP contribution < -0.4 is 15.4 Å². The van der Waals surface area contributed by atoms with E-state index < -0.39 is 0 Å². The van der Waals surface area contributed by atoms with Crippen LogP contribution in [0.2, 0.25) is 5.02 Å². The molecule has 2 rings (SSSR count). The van der Waals surface area contributed by atoms with Crippen LogP contribution in [-0.2, 0) is 4.79 Å². The van der Waals surface area contributed by atoms with Crippen LogP contribution in [0.4, 0.5) is 11.4 Å². The Kier molecular flexibility index (Phi) is 4.96. The van der Waals surface area contributed by atoms with Crippen LogP contribution in [0.5, 0.6) is 5.75 Å². The Morgan fingerprint density at radius 3 is 2.86 bits per heavy atom. The van der Waals surface area contributed by atoms with Gasteiger partial charge in [-0.2, -0.15) is 0 Å². The average Bonchev–Trinajstić information content (AvgIpc) is 2.90. The van der Waals surface area contributed by atoms with Gasteiger partial charge in [-0.25, -0.2) is 0 Å². The van der Waals surface area contributed by atoms with Crippen molar-refractivity contribution >= 4 is 28.9 Å². The zero-order valence-electron chi connectivity index (χ0n) is 12.7. The SMILES string of the molecule is CCN1CCCC1N(C(C)=O)c1cc(Cl)c(N)cc1OC. The summed E-state index contributed by atoms with van der Waals surface area (Å²) in [6.45, 7) is 5.56. The Labute approximate surface area is 130 Å². The second-order valence-electron chi connectivity index (χ2n) is 5.19. The van der Waals surface area contributed by atoms with Crippen molar-refractivity contribution in [2.75, 3.05) is 30.8 Å². The molecule has 116 valence electrons. The number of carbonyl (C=O) groups excluding carboxylic acids is 1. The maximum Gasteiger partial charge on any atom is 0.225 e. The molecule has 1 aromatic carbocycles. The highest BCUT2D eigenvalue weighted by Gasteiger charge is 2.33. The van der Waals surface area contributed by atoms with Crippen molar-refractivity contribution in [3.63, 3.8) is 0 Å². The van der Waals surface area contributed by atoms with Gasteiger partial charge in [0.1, 0.15) is 5.75 Å². The molecule has 1 aromatic rings. The molecule has 21 heavy (non-hydrogen) atoms. The van der Waals surface area contributed by atoms with Gasteiger partial charge in [0.2, 0.25) is 5.91 Å². The molecule has 1 aliphatic rings. The molecule has 5 nitrogen and oxygen atoms in total. The topological polar surface area (TPSA) is 58.8 Å². The van der Waals surface area contributed by atoms with Crippen molar-refractivity contribution in [1.82, 2.24) is 4.90 Å². The zero-order valence-corrected chi connectivity index (χ0v) is 13.5. The molecular weight excluding hydrogens is 290 g/mol. The van der Waals surface area contributed by atoms with E-state index in [4.69, 9.17) is 22.1 Å². The van der Waals surface area contributed by atoms with Gasteiger partial charge in [-0.15, -0.1) is 0 Å². The Hall–Kier alpha value is -1.46. The molecule has 2 N–H and O–H groups in total. The molecule has 0 aromatic heterocycles. The fraction of sp³-hybridized carbons (Fsp3) is 0.533. The van der Waals surface area contributed by atoms with E-state index in [0.717, 1.165) is 25.9 Å². The number of nitrogens with two attached hydrogens (primary N) is 1. The summed E-state index contributed by atoms with van der Waals surface area (Å²) in [6, 6.07) is 3.38. The fourth-order valence-electron chi connectivity index (χ4n) is 2.92. The van der Waals surface area contributed by atoms with Gasteiger partial charge in [0.15, 0.2) is 0 Å². The molecule has 6 heteroatoms. The summed E-state index contributed by atoms with van der Waals surface area (Å²) < 4.78 is 5.39. The van der Waals surface area contributed by atoms with Crippen LogP contribution in [0, 0.1) is 0 Å². The lowest BCUT2D eigenvalue weighted by molar-refractivity contribution is -0.117. The zero-order chi connectivity index (χ0) is 15.6. The standard InChI is InChI=1S/C15H22ClN3O2/c1-4-18-7-5-6-15(18)19(10(2)20)13-8-11(16)12(17)9-14(13)21-3/h8-9,15H,4-7,17H2,1-3H3. The van der Waals surface area contributed by atoms with Gasteiger partial charge in [0, 0.05) is 19.5 Å². The van der Waals surface area contributed by atoms with E-state index in [1.165, 1.54) is 0 Å². The predicted molar refractivity (Wildman–Crippen MR) is 85.8 cm³/mol. The summed E-state index contributed by atoms with van der Waals surface area (Å²) in [5, 5.41) is 0.429. The molecular formula is C15H22ClN3O2. The van der Waals surface area contributed by atoms with Gasteiger partial charge < -0.3 is 10.5 Å². The molecule has 0 bridgehead atoms. The normalized spacial score (nSPS) is 18.8. The lowest BCUT2D eigenvalue weighted by Gasteiger charge is -2.35. The number of likely N-dealkylation sites (tertiary alicyclic amines) is 1. The smallest absolute Gasteiger partial charge is 0.225 e. The van der Waals surface area contributed by atoms with Crippen molar-refractivity contribution in [2.45, 2.75) is 32.9 Å². The van der Waals surface area contributed by atoms with Crippen LogP contribution in [0.25, 0.3) is 0 Å². The summed E-state index contributed by atoms with van der Waals surface area (Å²) in [7, 11) is 1.57. The highest BCUT2D eigenvalue weighted by atomic mass is 35.5. The number of halogens is 1. The van der Waals surface area contributed by atoms with Crippen molar-refractivity contribution < 1.29 is 9.53 Å². The third-order valence-electron chi connectivity index (χ3n) is 3.93. The Morgan fingerprint density at radius 2 is 2.29 bits per heavy atom. The van der Waals surface area contributed by atoms with Gasteiger partial charge in [0.25, 0.3) is 0 Å². The summed E-state index contributed by atoms with van der Waals surface area (Å²) in [6.07, 6.45) is 2.06. The minimum absolute atomic E-state index is 0.0283. The van der Waals surface area contributed by atoms with Crippen molar-refractivity contribution in [1.29, 1.82) is 0 Å². The third-order valence-corrected chi connectivity index (χ3v) is 4.26. The van der Waals surface area contributed by atoms with E-state index in [1.807, 2.05) is 0 Å². The predicted octanol–water partition coefficient (Wildman–Crippen LogP) is 2.73. The van der Waals surface area contributed by atoms with Crippen molar-refractivity contribution in [2.24, 2.45) is 0 Å². The number of hydrogen-bond acceptors (Lipinski definition) is 4. The van der Waals surface area contributed by atoms with E-state index in [2.05, 4.69) is 11.8 Å². The van der Waals surface area contributed by atoms with Gasteiger partial charge in [-0.1, -0.05) is 18.5 Å². The first-order valence-corrected chi connectivity index (χ1v) is 7.54. The first-order chi connectivity index (χ1) is 9.99. The lowest BCUT2D eigenvalue weighted by Crippen LogP contribution is -2.47. The second kappa shape index (κ2) is 6.54. The van der Waals surface area contributed by atoms with Crippen molar-refractivity contribution in [3.8, 4) is 5.75 Å². The molecule has 1 heterocycles. The summed E-state index contributed by atoms with van der Waals surface area (Å²) in [4.78, 5) is 16.3. The largest absolute Gasteiger partial charge is 0.494 e. The monoisotopic (exact) mass is 311 g/mol. The first-order valence-electron chi connectivity index (χ1n) is 7.16. The second-order valence-corrected chi connectivity index (χ2v) is 5.59. The number of carbonyl (C=O) groups is 1. The minimum Gasteiger partial charge on any atom is -0.494 e. The number of anilines is 2. The third kappa shape index (κ3) is 3.09. The van der Waals surface area contributed by atoms with E-state index >= 15 is 0 Å². The summed E-state index contributed by atoms with van der Waals surface area (Å²) in [5.74, 6) is 0.537. The van der Waals surface area contributed by atoms with E-state index in [0.29, 0.717) is 22.1 Å². The molecule has 0 spiro atoms. The number of rotatable bonds is 4. The average molecular weight is 312 g/mol. The quantitative estimate of drug-likeness (QED) is 0.869. The van der Waals surface area contributed by atoms with Gasteiger partial charge in [-0.3, -0.25) is 14.6 Å². The van der Waals surface area contributed by atoms with Gasteiger partial charge in [0.05, 0.1) is 29.7 Å². The van der Waals surface area contributed by atoms with E-state index in [-0.39, 0.29) is 12.1 Å². The number of benzene rings is 1. The fourth-order valence-corrected chi connectivity index (χ4v) is 3.08. The number of ether oxygens (including phenoxy) is 1. The van der Waals surface area contributed by atoms with Crippen LogP contribution in [0.3, 0.4) is 0 Å². The first kappa shape index (κ1) is 15.9. The van der Waals surface area contributed by atoms with Crippen LogP contribution >= 0.6 is 11.6 Å². The number of nitrogens with zero attached hydrogens (tertiary/aromatic N) is 2. The maximum atomic E-state index is 12.2. The maximum absolute atomic E-state index is 12.2. The van der Waals surface area contributed by atoms with E-state index in [9.17, 15) is 4.79 Å². The summed E-state index contributed by atoms with van der Waals surface area (Å²) >= 11 is 6.14. The minimum atomic E-state index is -0.0283. The number of methoxy groups -OCH3 is 1. The summed E-state index contributed by atoms with van der Waals surface area (Å²) in [5.41, 5.74) is 6.94. The molecule has 0 radical (unpaired) electrons. The molecule has 1 fully saturated rings. The number of nitrogen functional groups attached to an aromatic ring is 1. The molecule has 1 aliphatic heterocycles. The highest BCUT2D eigenvalue weighted by Crippen LogP contribution is 2.38. The molecule has 1 unspecified atom stereocenters. The van der Waals surface area contributed by atoms with Crippen molar-refractivity contribution in [3.05, 3.63) is 17.2 Å². The molecule has 1 atom stereocenters. The number of hydrogen-bond donors (Lipinski definition) is 1. The van der Waals surface area contributed by atoms with Crippen LogP contribution in [0.15, 0.2) is 12.1 Å². The van der Waals surface area contributed by atoms with E-state index in [1.54, 1.807) is 31.1 Å². The van der Waals surface area contributed by atoms with Gasteiger partial charge >= 0.3 is 0 Å². The number of amides is 1. The molecule has 0 aliphatic carbocycles. The Bertz CT molecular complexity index is 536. The van der Waals surface area contributed by atoms with Crippen LogP contribution in [-0.4, -0.2) is 37.2 Å². The molecule has 1 saturated heterocycles. The molecule has 1 amide bonds. The van der Waals surface area contributed by atoms with Crippen LogP contribution in [0.1, 0.15) is 26.7 Å². The lowest BCUT2D eigenvalue weighted by atomic mass is 10.2.